The summed E-state index contributed by atoms with van der Waals surface area (Å²) in [6, 6.07) is 18.5. The highest BCUT2D eigenvalue weighted by Gasteiger charge is 2.34. The van der Waals surface area contributed by atoms with E-state index in [0.29, 0.717) is 23.2 Å². The summed E-state index contributed by atoms with van der Waals surface area (Å²) in [6.07, 6.45) is 4.83. The first-order valence-corrected chi connectivity index (χ1v) is 9.31. The van der Waals surface area contributed by atoms with E-state index in [1.54, 1.807) is 0 Å². The van der Waals surface area contributed by atoms with Gasteiger partial charge in [0.2, 0.25) is 0 Å². The molecule has 132 valence electrons. The van der Waals surface area contributed by atoms with Crippen LogP contribution in [-0.2, 0) is 0 Å². The minimum absolute atomic E-state index is 0.238. The lowest BCUT2D eigenvalue weighted by Gasteiger charge is -2.29. The SMILES string of the molecule is O=c1oc2cc(OC3C[C@H]4CC[C@H](C3)N4)ccc2cc1-c1ccccc1. The molecule has 2 aliphatic rings. The molecule has 1 N–H and O–H groups in total. The number of hydrogen-bond donors (Lipinski definition) is 1. The summed E-state index contributed by atoms with van der Waals surface area (Å²) < 4.78 is 11.8. The van der Waals surface area contributed by atoms with Gasteiger partial charge in [0.05, 0.1) is 5.56 Å². The lowest BCUT2D eigenvalue weighted by molar-refractivity contribution is 0.137. The Bertz CT molecular complexity index is 983. The van der Waals surface area contributed by atoms with Gasteiger partial charge in [0.15, 0.2) is 0 Å². The van der Waals surface area contributed by atoms with E-state index in [1.165, 1.54) is 12.8 Å². The molecule has 0 spiro atoms. The third-order valence-corrected chi connectivity index (χ3v) is 5.52. The van der Waals surface area contributed by atoms with Gasteiger partial charge >= 0.3 is 5.63 Å². The van der Waals surface area contributed by atoms with Crippen LogP contribution in [0.4, 0.5) is 0 Å². The van der Waals surface area contributed by atoms with Crippen LogP contribution < -0.4 is 15.7 Å². The maximum absolute atomic E-state index is 12.4. The smallest absolute Gasteiger partial charge is 0.344 e. The Balaban J connectivity index is 1.44. The zero-order valence-corrected chi connectivity index (χ0v) is 14.5. The summed E-state index contributed by atoms with van der Waals surface area (Å²) >= 11 is 0. The van der Waals surface area contributed by atoms with Crippen LogP contribution in [0.15, 0.2) is 63.8 Å². The molecule has 2 bridgehead atoms. The molecule has 2 aromatic carbocycles. The molecule has 0 aliphatic carbocycles. The van der Waals surface area contributed by atoms with E-state index in [1.807, 2.05) is 54.6 Å². The summed E-state index contributed by atoms with van der Waals surface area (Å²) in [6.45, 7) is 0. The highest BCUT2D eigenvalue weighted by molar-refractivity contribution is 5.82. The minimum Gasteiger partial charge on any atom is -0.490 e. The third kappa shape index (κ3) is 2.90. The Morgan fingerprint density at radius 3 is 2.50 bits per heavy atom. The second-order valence-electron chi connectivity index (χ2n) is 7.36. The van der Waals surface area contributed by atoms with Crippen LogP contribution in [0.5, 0.6) is 5.75 Å². The van der Waals surface area contributed by atoms with E-state index in [4.69, 9.17) is 9.15 Å². The van der Waals surface area contributed by atoms with Crippen LogP contribution in [0.25, 0.3) is 22.1 Å². The van der Waals surface area contributed by atoms with Gasteiger partial charge in [0.25, 0.3) is 0 Å². The highest BCUT2D eigenvalue weighted by Crippen LogP contribution is 2.31. The molecular formula is C22H21NO3. The van der Waals surface area contributed by atoms with Crippen LogP contribution in [0.3, 0.4) is 0 Å². The van der Waals surface area contributed by atoms with Crippen LogP contribution in [0, 0.1) is 0 Å². The van der Waals surface area contributed by atoms with Gasteiger partial charge in [0.1, 0.15) is 17.4 Å². The molecule has 5 rings (SSSR count). The van der Waals surface area contributed by atoms with E-state index in [0.717, 1.165) is 29.5 Å². The minimum atomic E-state index is -0.319. The molecule has 0 saturated carbocycles. The summed E-state index contributed by atoms with van der Waals surface area (Å²) in [5, 5.41) is 4.53. The number of piperidine rings is 1. The van der Waals surface area contributed by atoms with Crippen molar-refractivity contribution in [2.45, 2.75) is 43.9 Å². The normalized spacial score (nSPS) is 24.7. The van der Waals surface area contributed by atoms with Gasteiger partial charge in [-0.3, -0.25) is 0 Å². The second kappa shape index (κ2) is 6.29. The monoisotopic (exact) mass is 347 g/mol. The van der Waals surface area contributed by atoms with Crippen LogP contribution in [-0.4, -0.2) is 18.2 Å². The van der Waals surface area contributed by atoms with Crippen LogP contribution in [0.2, 0.25) is 0 Å². The van der Waals surface area contributed by atoms with Crippen molar-refractivity contribution in [3.8, 4) is 16.9 Å². The van der Waals surface area contributed by atoms with Crippen molar-refractivity contribution in [1.82, 2.24) is 5.32 Å². The van der Waals surface area contributed by atoms with E-state index in [-0.39, 0.29) is 11.7 Å². The molecule has 2 aliphatic heterocycles. The van der Waals surface area contributed by atoms with Gasteiger partial charge in [-0.1, -0.05) is 30.3 Å². The predicted octanol–water partition coefficient (Wildman–Crippen LogP) is 4.12. The fourth-order valence-corrected chi connectivity index (χ4v) is 4.28. The zero-order valence-electron chi connectivity index (χ0n) is 14.5. The van der Waals surface area contributed by atoms with E-state index >= 15 is 0 Å². The Morgan fingerprint density at radius 1 is 0.962 bits per heavy atom. The molecule has 2 saturated heterocycles. The van der Waals surface area contributed by atoms with Crippen molar-refractivity contribution in [1.29, 1.82) is 0 Å². The molecular weight excluding hydrogens is 326 g/mol. The number of nitrogens with one attached hydrogen (secondary N) is 1. The number of rotatable bonds is 3. The Morgan fingerprint density at radius 2 is 1.73 bits per heavy atom. The topological polar surface area (TPSA) is 51.5 Å². The fraction of sp³-hybridized carbons (Fsp3) is 0.318. The maximum Gasteiger partial charge on any atom is 0.344 e. The average Bonchev–Trinajstić information content (AvgIpc) is 3.00. The highest BCUT2D eigenvalue weighted by atomic mass is 16.5. The first-order valence-electron chi connectivity index (χ1n) is 9.31. The van der Waals surface area contributed by atoms with Gasteiger partial charge in [0, 0.05) is 23.5 Å². The lowest BCUT2D eigenvalue weighted by Crippen LogP contribution is -2.42. The van der Waals surface area contributed by atoms with Crippen LogP contribution >= 0.6 is 0 Å². The molecule has 4 nitrogen and oxygen atoms in total. The predicted molar refractivity (Wildman–Crippen MR) is 102 cm³/mol. The van der Waals surface area contributed by atoms with Crippen molar-refractivity contribution in [3.63, 3.8) is 0 Å². The third-order valence-electron chi connectivity index (χ3n) is 5.52. The first-order chi connectivity index (χ1) is 12.7. The van der Waals surface area contributed by atoms with Crippen molar-refractivity contribution >= 4 is 11.0 Å². The summed E-state index contributed by atoms with van der Waals surface area (Å²) in [5.74, 6) is 0.777. The van der Waals surface area contributed by atoms with Gasteiger partial charge in [-0.25, -0.2) is 4.79 Å². The Hall–Kier alpha value is -2.59. The van der Waals surface area contributed by atoms with E-state index in [2.05, 4.69) is 5.32 Å². The van der Waals surface area contributed by atoms with Crippen molar-refractivity contribution in [3.05, 3.63) is 65.0 Å². The molecule has 3 aromatic rings. The van der Waals surface area contributed by atoms with Crippen molar-refractivity contribution in [2.75, 3.05) is 0 Å². The van der Waals surface area contributed by atoms with Gasteiger partial charge < -0.3 is 14.5 Å². The van der Waals surface area contributed by atoms with E-state index < -0.39 is 0 Å². The van der Waals surface area contributed by atoms with Gasteiger partial charge in [-0.15, -0.1) is 0 Å². The van der Waals surface area contributed by atoms with Gasteiger partial charge in [-0.2, -0.15) is 0 Å². The lowest BCUT2D eigenvalue weighted by atomic mass is 10.0. The largest absolute Gasteiger partial charge is 0.490 e. The standard InChI is InChI=1S/C22H21NO3/c24-22-20(14-4-2-1-3-5-14)10-15-6-9-18(13-21(15)26-22)25-19-11-16-7-8-17(12-19)23-16/h1-6,9-10,13,16-17,19,23H,7-8,11-12H2/t16-,17-/m1/s1. The number of hydrogen-bond acceptors (Lipinski definition) is 4. The van der Waals surface area contributed by atoms with E-state index in [9.17, 15) is 4.79 Å². The Kier molecular flexibility index (Phi) is 3.79. The van der Waals surface area contributed by atoms with Crippen molar-refractivity contribution < 1.29 is 9.15 Å². The van der Waals surface area contributed by atoms with Crippen molar-refractivity contribution in [2.24, 2.45) is 0 Å². The molecule has 0 amide bonds. The molecule has 2 fully saturated rings. The molecule has 26 heavy (non-hydrogen) atoms. The average molecular weight is 347 g/mol. The van der Waals surface area contributed by atoms with Crippen LogP contribution in [0.1, 0.15) is 25.7 Å². The molecule has 1 aromatic heterocycles. The van der Waals surface area contributed by atoms with Gasteiger partial charge in [-0.05, 0) is 49.4 Å². The summed E-state index contributed by atoms with van der Waals surface area (Å²) in [5.41, 5.74) is 1.71. The molecule has 3 heterocycles. The second-order valence-corrected chi connectivity index (χ2v) is 7.36. The fourth-order valence-electron chi connectivity index (χ4n) is 4.28. The molecule has 2 atom stereocenters. The number of fused-ring (bicyclic) bond motifs is 3. The summed E-state index contributed by atoms with van der Waals surface area (Å²) in [4.78, 5) is 12.4. The maximum atomic E-state index is 12.4. The number of ether oxygens (including phenoxy) is 1. The molecule has 4 heteroatoms. The molecule has 0 radical (unpaired) electrons. The molecule has 0 unspecified atom stereocenters. The summed E-state index contributed by atoms with van der Waals surface area (Å²) in [7, 11) is 0. The first kappa shape index (κ1) is 15.6. The quantitative estimate of drug-likeness (QED) is 0.724. The number of benzene rings is 2. The Labute approximate surface area is 151 Å². The zero-order chi connectivity index (χ0) is 17.5.